The lowest BCUT2D eigenvalue weighted by molar-refractivity contribution is -0.137. The molecule has 0 amide bonds. The quantitative estimate of drug-likeness (QED) is 0.813. The Morgan fingerprint density at radius 1 is 1.24 bits per heavy atom. The minimum Gasteiger partial charge on any atom is -0.491 e. The summed E-state index contributed by atoms with van der Waals surface area (Å²) >= 11 is 0. The SMILES string of the molecule is COCCOc1ccc(C(F)(F)F)cc1CN. The number of benzene rings is 1. The van der Waals surface area contributed by atoms with Crippen LogP contribution in [0.2, 0.25) is 0 Å². The van der Waals surface area contributed by atoms with E-state index >= 15 is 0 Å². The van der Waals surface area contributed by atoms with E-state index < -0.39 is 11.7 Å². The van der Waals surface area contributed by atoms with Crippen LogP contribution in [0.25, 0.3) is 0 Å². The van der Waals surface area contributed by atoms with E-state index in [2.05, 4.69) is 0 Å². The van der Waals surface area contributed by atoms with Crippen molar-refractivity contribution >= 4 is 0 Å². The van der Waals surface area contributed by atoms with Crippen LogP contribution in [0.3, 0.4) is 0 Å². The molecule has 1 aromatic rings. The van der Waals surface area contributed by atoms with Gasteiger partial charge in [0.1, 0.15) is 12.4 Å². The first-order chi connectivity index (χ1) is 7.99. The van der Waals surface area contributed by atoms with Gasteiger partial charge in [-0.25, -0.2) is 0 Å². The molecule has 1 rings (SSSR count). The lowest BCUT2D eigenvalue weighted by Crippen LogP contribution is -2.10. The van der Waals surface area contributed by atoms with Gasteiger partial charge in [0.2, 0.25) is 0 Å². The van der Waals surface area contributed by atoms with Gasteiger partial charge in [0.25, 0.3) is 0 Å². The summed E-state index contributed by atoms with van der Waals surface area (Å²) in [5.74, 6) is 0.359. The number of rotatable bonds is 5. The van der Waals surface area contributed by atoms with Gasteiger partial charge in [0.05, 0.1) is 12.2 Å². The molecule has 0 saturated carbocycles. The van der Waals surface area contributed by atoms with Crippen molar-refractivity contribution in [2.45, 2.75) is 12.7 Å². The van der Waals surface area contributed by atoms with Crippen molar-refractivity contribution in [3.05, 3.63) is 29.3 Å². The fraction of sp³-hybridized carbons (Fsp3) is 0.455. The zero-order chi connectivity index (χ0) is 12.9. The number of hydrogen-bond donors (Lipinski definition) is 1. The van der Waals surface area contributed by atoms with E-state index in [-0.39, 0.29) is 13.2 Å². The number of nitrogens with two attached hydrogens (primary N) is 1. The Hall–Kier alpha value is -1.27. The fourth-order valence-corrected chi connectivity index (χ4v) is 1.29. The zero-order valence-electron chi connectivity index (χ0n) is 9.38. The van der Waals surface area contributed by atoms with E-state index in [1.807, 2.05) is 0 Å². The summed E-state index contributed by atoms with van der Waals surface area (Å²) in [6.07, 6.45) is -4.37. The maximum Gasteiger partial charge on any atom is 0.416 e. The molecule has 0 heterocycles. The van der Waals surface area contributed by atoms with E-state index in [0.29, 0.717) is 17.9 Å². The Morgan fingerprint density at radius 2 is 1.94 bits per heavy atom. The molecule has 0 spiro atoms. The standard InChI is InChI=1S/C11H14F3NO2/c1-16-4-5-17-10-3-2-9(11(12,13)14)6-8(10)7-15/h2-3,6H,4-5,7,15H2,1H3. The predicted molar refractivity (Wildman–Crippen MR) is 56.7 cm³/mol. The largest absolute Gasteiger partial charge is 0.491 e. The minimum atomic E-state index is -4.37. The maximum atomic E-state index is 12.4. The second kappa shape index (κ2) is 5.88. The minimum absolute atomic E-state index is 0.00770. The Morgan fingerprint density at radius 3 is 2.47 bits per heavy atom. The summed E-state index contributed by atoms with van der Waals surface area (Å²) in [6.45, 7) is 0.631. The van der Waals surface area contributed by atoms with Crippen LogP contribution in [-0.4, -0.2) is 20.3 Å². The van der Waals surface area contributed by atoms with E-state index in [1.165, 1.54) is 13.2 Å². The summed E-state index contributed by atoms with van der Waals surface area (Å²) < 4.78 is 47.4. The van der Waals surface area contributed by atoms with Crippen LogP contribution in [0.4, 0.5) is 13.2 Å². The van der Waals surface area contributed by atoms with Crippen molar-refractivity contribution in [3.8, 4) is 5.75 Å². The molecule has 96 valence electrons. The van der Waals surface area contributed by atoms with E-state index in [9.17, 15) is 13.2 Å². The van der Waals surface area contributed by atoms with Gasteiger partial charge in [-0.1, -0.05) is 0 Å². The number of hydrogen-bond acceptors (Lipinski definition) is 3. The lowest BCUT2D eigenvalue weighted by atomic mass is 10.1. The Labute approximate surface area is 97.3 Å². The first-order valence-electron chi connectivity index (χ1n) is 5.01. The van der Waals surface area contributed by atoms with Gasteiger partial charge in [0, 0.05) is 19.2 Å². The van der Waals surface area contributed by atoms with Crippen LogP contribution in [0.5, 0.6) is 5.75 Å². The van der Waals surface area contributed by atoms with Crippen LogP contribution in [-0.2, 0) is 17.5 Å². The highest BCUT2D eigenvalue weighted by Gasteiger charge is 2.30. The number of alkyl halides is 3. The van der Waals surface area contributed by atoms with Gasteiger partial charge >= 0.3 is 6.18 Å². The molecule has 0 aliphatic rings. The van der Waals surface area contributed by atoms with Gasteiger partial charge in [-0.15, -0.1) is 0 Å². The van der Waals surface area contributed by atoms with Crippen molar-refractivity contribution in [1.82, 2.24) is 0 Å². The molecule has 3 nitrogen and oxygen atoms in total. The zero-order valence-corrected chi connectivity index (χ0v) is 9.38. The van der Waals surface area contributed by atoms with Gasteiger partial charge in [-0.2, -0.15) is 13.2 Å². The Balaban J connectivity index is 2.86. The van der Waals surface area contributed by atoms with Crippen molar-refractivity contribution in [1.29, 1.82) is 0 Å². The third-order valence-electron chi connectivity index (χ3n) is 2.15. The molecule has 0 fully saturated rings. The Kier molecular flexibility index (Phi) is 4.77. The van der Waals surface area contributed by atoms with Gasteiger partial charge in [-0.05, 0) is 18.2 Å². The molecular formula is C11H14F3NO2. The molecule has 0 unspecified atom stereocenters. The Bertz CT molecular complexity index is 366. The lowest BCUT2D eigenvalue weighted by Gasteiger charge is -2.13. The molecule has 0 saturated heterocycles. The fourth-order valence-electron chi connectivity index (χ4n) is 1.29. The first-order valence-corrected chi connectivity index (χ1v) is 5.01. The van der Waals surface area contributed by atoms with Gasteiger partial charge in [-0.3, -0.25) is 0 Å². The molecule has 0 aromatic heterocycles. The van der Waals surface area contributed by atoms with Crippen LogP contribution >= 0.6 is 0 Å². The molecule has 0 aliphatic heterocycles. The summed E-state index contributed by atoms with van der Waals surface area (Å²) in [7, 11) is 1.51. The molecule has 0 aliphatic carbocycles. The van der Waals surface area contributed by atoms with E-state index in [1.54, 1.807) is 0 Å². The van der Waals surface area contributed by atoms with Crippen LogP contribution < -0.4 is 10.5 Å². The number of ether oxygens (including phenoxy) is 2. The third kappa shape index (κ3) is 3.90. The second-order valence-electron chi connectivity index (χ2n) is 3.37. The van der Waals surface area contributed by atoms with Crippen molar-refractivity contribution in [3.63, 3.8) is 0 Å². The van der Waals surface area contributed by atoms with Crippen LogP contribution in [0, 0.1) is 0 Å². The average Bonchev–Trinajstić information content (AvgIpc) is 2.28. The normalized spacial score (nSPS) is 11.6. The summed E-state index contributed by atoms with van der Waals surface area (Å²) in [6, 6.07) is 3.25. The number of halogens is 3. The average molecular weight is 249 g/mol. The highest BCUT2D eigenvalue weighted by atomic mass is 19.4. The summed E-state index contributed by atoms with van der Waals surface area (Å²) in [5, 5.41) is 0. The van der Waals surface area contributed by atoms with Crippen molar-refractivity contribution < 1.29 is 22.6 Å². The highest BCUT2D eigenvalue weighted by Crippen LogP contribution is 2.32. The molecule has 2 N–H and O–H groups in total. The van der Waals surface area contributed by atoms with Crippen LogP contribution in [0.15, 0.2) is 18.2 Å². The summed E-state index contributed by atoms with van der Waals surface area (Å²) in [4.78, 5) is 0. The second-order valence-corrected chi connectivity index (χ2v) is 3.37. The summed E-state index contributed by atoms with van der Waals surface area (Å²) in [5.41, 5.74) is 4.99. The maximum absolute atomic E-state index is 12.4. The van der Waals surface area contributed by atoms with Crippen LogP contribution in [0.1, 0.15) is 11.1 Å². The topological polar surface area (TPSA) is 44.5 Å². The molecule has 0 radical (unpaired) electrons. The molecule has 17 heavy (non-hydrogen) atoms. The van der Waals surface area contributed by atoms with E-state index in [0.717, 1.165) is 12.1 Å². The first kappa shape index (κ1) is 13.8. The molecule has 1 aromatic carbocycles. The molecular weight excluding hydrogens is 235 g/mol. The smallest absolute Gasteiger partial charge is 0.416 e. The monoisotopic (exact) mass is 249 g/mol. The van der Waals surface area contributed by atoms with E-state index in [4.69, 9.17) is 15.2 Å². The third-order valence-corrected chi connectivity index (χ3v) is 2.15. The van der Waals surface area contributed by atoms with Gasteiger partial charge in [0.15, 0.2) is 0 Å². The molecule has 0 atom stereocenters. The van der Waals surface area contributed by atoms with Crippen molar-refractivity contribution in [2.75, 3.05) is 20.3 Å². The van der Waals surface area contributed by atoms with Crippen molar-refractivity contribution in [2.24, 2.45) is 5.73 Å². The predicted octanol–water partition coefficient (Wildman–Crippen LogP) is 2.19. The van der Waals surface area contributed by atoms with Gasteiger partial charge < -0.3 is 15.2 Å². The highest BCUT2D eigenvalue weighted by molar-refractivity contribution is 5.38. The number of methoxy groups -OCH3 is 1. The molecule has 0 bridgehead atoms. The molecule has 6 heteroatoms.